The first kappa shape index (κ1) is 15.0. The van der Waals surface area contributed by atoms with Crippen LogP contribution < -0.4 is 5.32 Å². The number of ether oxygens (including phenoxy) is 1. The molecule has 108 valence electrons. The second-order valence-corrected chi connectivity index (χ2v) is 6.40. The second kappa shape index (κ2) is 6.86. The normalized spacial score (nSPS) is 18.5. The van der Waals surface area contributed by atoms with Gasteiger partial charge < -0.3 is 10.1 Å². The fourth-order valence-corrected chi connectivity index (χ4v) is 2.92. The van der Waals surface area contributed by atoms with Gasteiger partial charge in [-0.2, -0.15) is 5.10 Å². The van der Waals surface area contributed by atoms with Gasteiger partial charge >= 0.3 is 0 Å². The minimum absolute atomic E-state index is 0.472. The van der Waals surface area contributed by atoms with Crippen LogP contribution in [0.5, 0.6) is 0 Å². The van der Waals surface area contributed by atoms with Crippen LogP contribution in [-0.2, 0) is 11.3 Å². The predicted octanol–water partition coefficient (Wildman–Crippen LogP) is 2.78. The molecule has 2 unspecified atom stereocenters. The highest BCUT2D eigenvalue weighted by Crippen LogP contribution is 2.30. The highest BCUT2D eigenvalue weighted by Gasteiger charge is 2.25. The van der Waals surface area contributed by atoms with Gasteiger partial charge in [-0.15, -0.1) is 0 Å². The van der Waals surface area contributed by atoms with Crippen LogP contribution >= 0.6 is 15.9 Å². The van der Waals surface area contributed by atoms with Crippen molar-refractivity contribution in [2.75, 3.05) is 20.3 Å². The molecule has 1 heterocycles. The van der Waals surface area contributed by atoms with Crippen molar-refractivity contribution in [1.82, 2.24) is 15.1 Å². The van der Waals surface area contributed by atoms with Crippen LogP contribution in [0, 0.1) is 5.92 Å². The molecule has 2 atom stereocenters. The number of nitrogens with zero attached hydrogens (tertiary/aromatic N) is 2. The Morgan fingerprint density at radius 1 is 1.53 bits per heavy atom. The standard InChI is InChI=1S/C14H24BrN3O/c1-10(8-16-12-4-5-12)11(2)14-13(15)9-17-18(14)6-7-19-3/h9-12,16H,4-8H2,1-3H3. The molecule has 1 saturated carbocycles. The van der Waals surface area contributed by atoms with Crippen LogP contribution in [0.3, 0.4) is 0 Å². The van der Waals surface area contributed by atoms with Gasteiger partial charge in [0.25, 0.3) is 0 Å². The van der Waals surface area contributed by atoms with E-state index in [1.165, 1.54) is 18.5 Å². The SMILES string of the molecule is COCCn1ncc(Br)c1C(C)C(C)CNC1CC1. The number of hydrogen-bond donors (Lipinski definition) is 1. The van der Waals surface area contributed by atoms with E-state index in [1.54, 1.807) is 7.11 Å². The van der Waals surface area contributed by atoms with E-state index in [0.717, 1.165) is 23.6 Å². The van der Waals surface area contributed by atoms with Crippen LogP contribution in [0.4, 0.5) is 0 Å². The Bertz CT molecular complexity index is 403. The second-order valence-electron chi connectivity index (χ2n) is 5.54. The predicted molar refractivity (Wildman–Crippen MR) is 80.4 cm³/mol. The van der Waals surface area contributed by atoms with Gasteiger partial charge in [-0.05, 0) is 41.2 Å². The first-order chi connectivity index (χ1) is 9.13. The van der Waals surface area contributed by atoms with E-state index in [4.69, 9.17) is 4.74 Å². The molecule has 2 rings (SSSR count). The zero-order chi connectivity index (χ0) is 13.8. The fraction of sp³-hybridized carbons (Fsp3) is 0.786. The lowest BCUT2D eigenvalue weighted by Gasteiger charge is -2.22. The fourth-order valence-electron chi connectivity index (χ4n) is 2.27. The lowest BCUT2D eigenvalue weighted by Crippen LogP contribution is -2.27. The largest absolute Gasteiger partial charge is 0.383 e. The molecule has 0 radical (unpaired) electrons. The summed E-state index contributed by atoms with van der Waals surface area (Å²) in [4.78, 5) is 0. The Morgan fingerprint density at radius 3 is 2.89 bits per heavy atom. The zero-order valence-electron chi connectivity index (χ0n) is 12.0. The molecular weight excluding hydrogens is 306 g/mol. The summed E-state index contributed by atoms with van der Waals surface area (Å²) in [5.41, 5.74) is 1.28. The Hall–Kier alpha value is -0.390. The summed E-state index contributed by atoms with van der Waals surface area (Å²) in [7, 11) is 1.73. The summed E-state index contributed by atoms with van der Waals surface area (Å²) in [6, 6.07) is 0.775. The number of nitrogens with one attached hydrogen (secondary N) is 1. The lowest BCUT2D eigenvalue weighted by molar-refractivity contribution is 0.181. The Kier molecular flexibility index (Phi) is 5.42. The maximum absolute atomic E-state index is 5.15. The van der Waals surface area contributed by atoms with Crippen LogP contribution in [0.15, 0.2) is 10.7 Å². The molecule has 1 fully saturated rings. The third-order valence-electron chi connectivity index (χ3n) is 3.93. The Labute approximate surface area is 124 Å². The third kappa shape index (κ3) is 4.04. The minimum atomic E-state index is 0.472. The number of hydrogen-bond acceptors (Lipinski definition) is 3. The van der Waals surface area contributed by atoms with Crippen LogP contribution in [0.1, 0.15) is 38.3 Å². The van der Waals surface area contributed by atoms with Gasteiger partial charge in [0.2, 0.25) is 0 Å². The highest BCUT2D eigenvalue weighted by atomic mass is 79.9. The molecule has 0 aliphatic heterocycles. The molecule has 0 aromatic carbocycles. The van der Waals surface area contributed by atoms with E-state index in [-0.39, 0.29) is 0 Å². The van der Waals surface area contributed by atoms with Gasteiger partial charge in [0.15, 0.2) is 0 Å². The number of methoxy groups -OCH3 is 1. The van der Waals surface area contributed by atoms with E-state index in [1.807, 2.05) is 6.20 Å². The van der Waals surface area contributed by atoms with Crippen molar-refractivity contribution in [3.63, 3.8) is 0 Å². The summed E-state index contributed by atoms with van der Waals surface area (Å²) >= 11 is 3.63. The molecule has 19 heavy (non-hydrogen) atoms. The molecule has 1 N–H and O–H groups in total. The molecule has 1 aromatic heterocycles. The highest BCUT2D eigenvalue weighted by molar-refractivity contribution is 9.10. The lowest BCUT2D eigenvalue weighted by atomic mass is 9.92. The van der Waals surface area contributed by atoms with Crippen molar-refractivity contribution in [1.29, 1.82) is 0 Å². The molecule has 4 nitrogen and oxygen atoms in total. The average molecular weight is 330 g/mol. The van der Waals surface area contributed by atoms with Crippen molar-refractivity contribution in [2.24, 2.45) is 5.92 Å². The molecule has 0 spiro atoms. The van der Waals surface area contributed by atoms with Gasteiger partial charge in [0.1, 0.15) is 0 Å². The van der Waals surface area contributed by atoms with Gasteiger partial charge in [-0.3, -0.25) is 4.68 Å². The molecule has 1 aliphatic rings. The molecule has 1 aliphatic carbocycles. The smallest absolute Gasteiger partial charge is 0.0658 e. The topological polar surface area (TPSA) is 39.1 Å². The van der Waals surface area contributed by atoms with E-state index < -0.39 is 0 Å². The van der Waals surface area contributed by atoms with Crippen LogP contribution in [-0.4, -0.2) is 36.1 Å². The van der Waals surface area contributed by atoms with Crippen LogP contribution in [0.2, 0.25) is 0 Å². The van der Waals surface area contributed by atoms with E-state index in [2.05, 4.69) is 44.9 Å². The van der Waals surface area contributed by atoms with Crippen molar-refractivity contribution in [2.45, 2.75) is 45.2 Å². The van der Waals surface area contributed by atoms with Crippen molar-refractivity contribution >= 4 is 15.9 Å². The monoisotopic (exact) mass is 329 g/mol. The molecular formula is C14H24BrN3O. The van der Waals surface area contributed by atoms with Gasteiger partial charge in [-0.25, -0.2) is 0 Å². The third-order valence-corrected chi connectivity index (χ3v) is 4.54. The van der Waals surface area contributed by atoms with Crippen molar-refractivity contribution in [3.05, 3.63) is 16.4 Å². The van der Waals surface area contributed by atoms with Crippen molar-refractivity contribution < 1.29 is 4.74 Å². The van der Waals surface area contributed by atoms with Gasteiger partial charge in [0.05, 0.1) is 29.5 Å². The molecule has 5 heteroatoms. The first-order valence-electron chi connectivity index (χ1n) is 7.07. The maximum Gasteiger partial charge on any atom is 0.0658 e. The Morgan fingerprint density at radius 2 is 2.26 bits per heavy atom. The number of rotatable bonds is 8. The van der Waals surface area contributed by atoms with E-state index in [9.17, 15) is 0 Å². The Balaban J connectivity index is 1.98. The summed E-state index contributed by atoms with van der Waals surface area (Å²) in [5, 5.41) is 8.05. The summed E-state index contributed by atoms with van der Waals surface area (Å²) in [5.74, 6) is 1.06. The maximum atomic E-state index is 5.15. The minimum Gasteiger partial charge on any atom is -0.383 e. The van der Waals surface area contributed by atoms with E-state index >= 15 is 0 Å². The summed E-state index contributed by atoms with van der Waals surface area (Å²) < 4.78 is 8.32. The average Bonchev–Trinajstić information content (AvgIpc) is 3.16. The first-order valence-corrected chi connectivity index (χ1v) is 7.86. The summed E-state index contributed by atoms with van der Waals surface area (Å²) in [6.07, 6.45) is 4.58. The number of halogens is 1. The van der Waals surface area contributed by atoms with Gasteiger partial charge in [-0.1, -0.05) is 13.8 Å². The quantitative estimate of drug-likeness (QED) is 0.797. The molecule has 0 saturated heterocycles. The molecule has 0 amide bonds. The zero-order valence-corrected chi connectivity index (χ0v) is 13.6. The van der Waals surface area contributed by atoms with E-state index in [0.29, 0.717) is 18.4 Å². The molecule has 0 bridgehead atoms. The number of aromatic nitrogens is 2. The molecule has 1 aromatic rings. The van der Waals surface area contributed by atoms with Crippen molar-refractivity contribution in [3.8, 4) is 0 Å². The summed E-state index contributed by atoms with van der Waals surface area (Å²) in [6.45, 7) is 7.17. The van der Waals surface area contributed by atoms with Gasteiger partial charge in [0, 0.05) is 19.1 Å². The van der Waals surface area contributed by atoms with Crippen LogP contribution in [0.25, 0.3) is 0 Å².